The summed E-state index contributed by atoms with van der Waals surface area (Å²) in [5.74, 6) is -0.0876. The Kier molecular flexibility index (Phi) is 5.03. The molecule has 0 aromatic heterocycles. The van der Waals surface area contributed by atoms with Crippen LogP contribution in [0.1, 0.15) is 25.0 Å². The van der Waals surface area contributed by atoms with Gasteiger partial charge in [-0.3, -0.25) is 9.52 Å². The Labute approximate surface area is 158 Å². The lowest BCUT2D eigenvalue weighted by Crippen LogP contribution is -2.37. The van der Waals surface area contributed by atoms with Crippen molar-refractivity contribution in [2.75, 3.05) is 16.2 Å². The van der Waals surface area contributed by atoms with E-state index in [9.17, 15) is 13.2 Å². The molecule has 0 saturated carbocycles. The molecule has 0 aliphatic carbocycles. The summed E-state index contributed by atoms with van der Waals surface area (Å²) in [4.78, 5) is 14.7. The van der Waals surface area contributed by atoms with Gasteiger partial charge in [0.2, 0.25) is 5.91 Å². The van der Waals surface area contributed by atoms with Crippen molar-refractivity contribution in [1.82, 2.24) is 0 Å². The van der Waals surface area contributed by atoms with Crippen molar-refractivity contribution in [1.29, 1.82) is 0 Å². The van der Waals surface area contributed by atoms with Gasteiger partial charge in [-0.25, -0.2) is 8.42 Å². The van der Waals surface area contributed by atoms with Gasteiger partial charge in [0, 0.05) is 23.6 Å². The molecule has 5 nitrogen and oxygen atoms in total. The van der Waals surface area contributed by atoms with Crippen molar-refractivity contribution in [3.8, 4) is 0 Å². The lowest BCUT2D eigenvalue weighted by Gasteiger charge is -2.32. The zero-order chi connectivity index (χ0) is 19.1. The molecule has 3 rings (SSSR count). The van der Waals surface area contributed by atoms with Crippen molar-refractivity contribution in [3.05, 3.63) is 47.5 Å². The molecule has 0 radical (unpaired) electrons. The average Bonchev–Trinajstić information content (AvgIpc) is 2.57. The molecule has 0 fully saturated rings. The van der Waals surface area contributed by atoms with Crippen LogP contribution in [-0.2, 0) is 14.8 Å². The van der Waals surface area contributed by atoms with Gasteiger partial charge in [-0.15, -0.1) is 11.8 Å². The van der Waals surface area contributed by atoms with Crippen LogP contribution in [0.25, 0.3) is 0 Å². The summed E-state index contributed by atoms with van der Waals surface area (Å²) in [6.07, 6.45) is 0. The number of hydrogen-bond donors (Lipinski definition) is 1. The quantitative estimate of drug-likeness (QED) is 0.862. The van der Waals surface area contributed by atoms with Crippen molar-refractivity contribution < 1.29 is 13.2 Å². The van der Waals surface area contributed by atoms with Crippen LogP contribution in [0.3, 0.4) is 0 Å². The summed E-state index contributed by atoms with van der Waals surface area (Å²) in [7, 11) is -3.75. The van der Waals surface area contributed by atoms with Gasteiger partial charge in [0.1, 0.15) is 0 Å². The second-order valence-electron chi connectivity index (χ2n) is 6.54. The molecule has 7 heteroatoms. The molecule has 0 saturated heterocycles. The summed E-state index contributed by atoms with van der Waals surface area (Å²) in [6.45, 7) is 7.95. The molecule has 1 aliphatic heterocycles. The number of hydrogen-bond acceptors (Lipinski definition) is 4. The van der Waals surface area contributed by atoms with E-state index in [0.717, 1.165) is 16.0 Å². The van der Waals surface area contributed by atoms with Gasteiger partial charge in [0.25, 0.3) is 10.0 Å². The second kappa shape index (κ2) is 6.96. The van der Waals surface area contributed by atoms with Crippen LogP contribution in [0.15, 0.2) is 46.2 Å². The van der Waals surface area contributed by atoms with Crippen LogP contribution in [0.5, 0.6) is 0 Å². The highest BCUT2D eigenvalue weighted by atomic mass is 32.2. The summed E-state index contributed by atoms with van der Waals surface area (Å²) in [5.41, 5.74) is 3.13. The number of anilines is 2. The van der Waals surface area contributed by atoms with E-state index in [1.165, 1.54) is 6.92 Å². The number of carbonyl (C=O) groups is 1. The van der Waals surface area contributed by atoms with Gasteiger partial charge in [0.15, 0.2) is 0 Å². The third kappa shape index (κ3) is 3.59. The van der Waals surface area contributed by atoms with E-state index in [1.54, 1.807) is 40.9 Å². The van der Waals surface area contributed by atoms with Crippen molar-refractivity contribution >= 4 is 39.1 Å². The van der Waals surface area contributed by atoms with Crippen molar-refractivity contribution in [2.45, 2.75) is 42.7 Å². The molecule has 26 heavy (non-hydrogen) atoms. The highest BCUT2D eigenvalue weighted by molar-refractivity contribution is 8.00. The number of benzene rings is 2. The molecule has 2 aromatic carbocycles. The molecule has 138 valence electrons. The highest BCUT2D eigenvalue weighted by Gasteiger charge is 2.27. The fourth-order valence-corrected chi connectivity index (χ4v) is 5.18. The minimum Gasteiger partial charge on any atom is -0.310 e. The normalized spacial score (nSPS) is 16.9. The van der Waals surface area contributed by atoms with Crippen molar-refractivity contribution in [3.63, 3.8) is 0 Å². The number of nitrogens with zero attached hydrogens (tertiary/aromatic N) is 1. The summed E-state index contributed by atoms with van der Waals surface area (Å²) in [5, 5.41) is 0.266. The average molecular weight is 391 g/mol. The van der Waals surface area contributed by atoms with Crippen LogP contribution < -0.4 is 9.62 Å². The number of thioether (sulfide) groups is 1. The molecule has 0 spiro atoms. The first-order chi connectivity index (χ1) is 12.2. The zero-order valence-electron chi connectivity index (χ0n) is 15.2. The van der Waals surface area contributed by atoms with Gasteiger partial charge < -0.3 is 4.90 Å². The second-order valence-corrected chi connectivity index (χ2v) is 9.70. The molecular weight excluding hydrogens is 368 g/mol. The fraction of sp³-hybridized carbons (Fsp3) is 0.316. The minimum atomic E-state index is -3.75. The first kappa shape index (κ1) is 18.8. The van der Waals surface area contributed by atoms with Gasteiger partial charge in [0.05, 0.1) is 16.3 Å². The van der Waals surface area contributed by atoms with Crippen molar-refractivity contribution in [2.24, 2.45) is 0 Å². The van der Waals surface area contributed by atoms with Crippen LogP contribution >= 0.6 is 11.8 Å². The number of amides is 1. The van der Waals surface area contributed by atoms with E-state index in [-0.39, 0.29) is 16.1 Å². The Morgan fingerprint density at radius 1 is 1.23 bits per heavy atom. The van der Waals surface area contributed by atoms with Gasteiger partial charge >= 0.3 is 0 Å². The molecule has 1 aliphatic rings. The standard InChI is InChI=1S/C19H22N2O3S2/c1-12-6-5-7-17(14(12)3)20-26(23,24)16-8-9-19-18(10-16)21(15(4)22)11-13(2)25-19/h5-10,13,20H,11H2,1-4H3/t13-/m0/s1. The number of fused-ring (bicyclic) bond motifs is 1. The van der Waals surface area contributed by atoms with Crippen LogP contribution in [-0.4, -0.2) is 26.1 Å². The Bertz CT molecular complexity index is 971. The number of nitrogens with one attached hydrogen (secondary N) is 1. The van der Waals surface area contributed by atoms with E-state index in [2.05, 4.69) is 11.6 Å². The summed E-state index contributed by atoms with van der Waals surface area (Å²) in [6, 6.07) is 10.5. The molecule has 1 N–H and O–H groups in total. The number of sulfonamides is 1. The first-order valence-electron chi connectivity index (χ1n) is 8.37. The third-order valence-corrected chi connectivity index (χ3v) is 7.04. The first-order valence-corrected chi connectivity index (χ1v) is 10.7. The highest BCUT2D eigenvalue weighted by Crippen LogP contribution is 2.40. The van der Waals surface area contributed by atoms with Crippen LogP contribution in [0.4, 0.5) is 11.4 Å². The Morgan fingerprint density at radius 2 is 1.96 bits per heavy atom. The maximum absolute atomic E-state index is 12.9. The monoisotopic (exact) mass is 390 g/mol. The Hall–Kier alpha value is -1.99. The lowest BCUT2D eigenvalue weighted by molar-refractivity contribution is -0.116. The predicted octanol–water partition coefficient (Wildman–Crippen LogP) is 3.95. The molecule has 1 amide bonds. The molecule has 0 unspecified atom stereocenters. The smallest absolute Gasteiger partial charge is 0.261 e. The lowest BCUT2D eigenvalue weighted by atomic mass is 10.1. The molecule has 1 atom stereocenters. The SMILES string of the molecule is CC(=O)N1C[C@H](C)Sc2ccc(S(=O)(=O)Nc3cccc(C)c3C)cc21. The number of aryl methyl sites for hydroxylation is 1. The molecule has 1 heterocycles. The van der Waals surface area contributed by atoms with Gasteiger partial charge in [-0.05, 0) is 49.2 Å². The fourth-order valence-electron chi connectivity index (χ4n) is 2.95. The third-order valence-electron chi connectivity index (χ3n) is 4.53. The molecular formula is C19H22N2O3S2. The molecule has 2 aromatic rings. The van der Waals surface area contributed by atoms with E-state index >= 15 is 0 Å². The van der Waals surface area contributed by atoms with E-state index < -0.39 is 10.0 Å². The van der Waals surface area contributed by atoms with E-state index in [0.29, 0.717) is 17.9 Å². The van der Waals surface area contributed by atoms with Gasteiger partial charge in [-0.2, -0.15) is 0 Å². The Morgan fingerprint density at radius 3 is 2.65 bits per heavy atom. The maximum Gasteiger partial charge on any atom is 0.261 e. The van der Waals surface area contributed by atoms with Crippen LogP contribution in [0, 0.1) is 13.8 Å². The Balaban J connectivity index is 2.00. The van der Waals surface area contributed by atoms with E-state index in [1.807, 2.05) is 26.0 Å². The summed E-state index contributed by atoms with van der Waals surface area (Å²) >= 11 is 1.65. The topological polar surface area (TPSA) is 66.5 Å². The maximum atomic E-state index is 12.9. The minimum absolute atomic E-state index is 0.0876. The number of carbonyl (C=O) groups excluding carboxylic acids is 1. The zero-order valence-corrected chi connectivity index (χ0v) is 16.9. The molecule has 0 bridgehead atoms. The van der Waals surface area contributed by atoms with Gasteiger partial charge in [-0.1, -0.05) is 19.1 Å². The van der Waals surface area contributed by atoms with Crippen LogP contribution in [0.2, 0.25) is 0 Å². The number of rotatable bonds is 3. The summed E-state index contributed by atoms with van der Waals surface area (Å²) < 4.78 is 28.4. The largest absolute Gasteiger partial charge is 0.310 e. The van der Waals surface area contributed by atoms with E-state index in [4.69, 9.17) is 0 Å². The predicted molar refractivity (Wildman–Crippen MR) is 107 cm³/mol.